The molecule has 0 spiro atoms. The van der Waals surface area contributed by atoms with Gasteiger partial charge in [-0.15, -0.1) is 0 Å². The molecule has 0 saturated carbocycles. The van der Waals surface area contributed by atoms with Gasteiger partial charge in [0.2, 0.25) is 0 Å². The zero-order chi connectivity index (χ0) is 65.8. The van der Waals surface area contributed by atoms with E-state index in [2.05, 4.69) is 0 Å². The highest BCUT2D eigenvalue weighted by Gasteiger charge is 2.26. The molecule has 40 heteroatoms. The fourth-order valence-corrected chi connectivity index (χ4v) is 3.32. The first kappa shape index (κ1) is 91.6. The molecule has 0 radical (unpaired) electrons. The molecule has 0 bridgehead atoms. The molecule has 0 aromatic heterocycles. The van der Waals surface area contributed by atoms with Crippen molar-refractivity contribution < 1.29 is 171 Å². The Bertz CT molecular complexity index is 1870. The molecular weight excluding hydrogens is 1140 g/mol. The molecule has 4 aromatic rings. The molecule has 16 nitrogen and oxygen atoms in total. The molecule has 0 saturated heterocycles. The van der Waals surface area contributed by atoms with Crippen molar-refractivity contribution in [1.29, 1.82) is 0 Å². The number of hydrogen-bond donors (Lipinski definition) is 8. The average Bonchev–Trinajstić information content (AvgIpc) is 3.36. The molecule has 0 atom stereocenters. The van der Waals surface area contributed by atoms with E-state index in [1.165, 1.54) is 0 Å². The summed E-state index contributed by atoms with van der Waals surface area (Å²) in [5.74, 6) is -47.0. The van der Waals surface area contributed by atoms with Crippen LogP contribution in [-0.4, -0.2) is 141 Å². The van der Waals surface area contributed by atoms with Gasteiger partial charge in [-0.2, -0.15) is 0 Å². The maximum absolute atomic E-state index is 12.5. The van der Waals surface area contributed by atoms with Crippen molar-refractivity contribution in [3.63, 3.8) is 0 Å². The lowest BCUT2D eigenvalue weighted by Crippen LogP contribution is -2.74. The first-order chi connectivity index (χ1) is 36.8. The van der Waals surface area contributed by atoms with Crippen LogP contribution < -0.4 is 105 Å². The quantitative estimate of drug-likeness (QED) is 0.0419. The van der Waals surface area contributed by atoms with Crippen LogP contribution >= 0.6 is 0 Å². The predicted octanol–water partition coefficient (Wildman–Crippen LogP) is -14.3. The SMILES string of the molecule is C[NH2+]C.C[NH2+]C.C[NH2+]C.C[NH2+]C.C[NH2+]C.C[NH2+]C.C[NH2+]C.C[NH2+]C.[O-]B([O-])c1c(F)c(F)c(F)c(F)c1F.[O-]B([O-])c1c(F)c(F)c(F)c(F)c1F.[O-]B([O-])c1c(F)c(F)c(F)c(F)c1F.[O-]B([O-])c1c(F)c(F)c(F)c(F)c1F. The van der Waals surface area contributed by atoms with Crippen molar-refractivity contribution >= 4 is 50.3 Å². The largest absolute Gasteiger partial charge is 0.889 e. The van der Waals surface area contributed by atoms with E-state index < -0.39 is 167 Å². The minimum atomic E-state index is -3.26. The van der Waals surface area contributed by atoms with Crippen molar-refractivity contribution in [3.05, 3.63) is 116 Å². The van der Waals surface area contributed by atoms with Crippen molar-refractivity contribution in [2.75, 3.05) is 113 Å². The summed E-state index contributed by atoms with van der Waals surface area (Å²) in [5, 5.41) is 96.8. The summed E-state index contributed by atoms with van der Waals surface area (Å²) in [5.41, 5.74) is -7.55. The molecular formula is C40H64B4F20N8O8. The Morgan fingerprint density at radius 1 is 0.163 bits per heavy atom. The van der Waals surface area contributed by atoms with Gasteiger partial charge < -0.3 is 82.7 Å². The summed E-state index contributed by atoms with van der Waals surface area (Å²) in [4.78, 5) is 0. The first-order valence-corrected chi connectivity index (χ1v) is 22.1. The van der Waals surface area contributed by atoms with Crippen LogP contribution in [-0.2, 0) is 0 Å². The van der Waals surface area contributed by atoms with E-state index in [9.17, 15) is 128 Å². The molecule has 0 fully saturated rings. The van der Waals surface area contributed by atoms with Crippen molar-refractivity contribution in [1.82, 2.24) is 0 Å². The number of rotatable bonds is 4. The van der Waals surface area contributed by atoms with E-state index in [0.29, 0.717) is 0 Å². The molecule has 0 aliphatic carbocycles. The second kappa shape index (κ2) is 52.2. The van der Waals surface area contributed by atoms with Crippen molar-refractivity contribution in [3.8, 4) is 0 Å². The number of hydrogen-bond acceptors (Lipinski definition) is 8. The molecule has 464 valence electrons. The van der Waals surface area contributed by atoms with Gasteiger partial charge in [0.05, 0.1) is 113 Å². The highest BCUT2D eigenvalue weighted by molar-refractivity contribution is 6.56. The van der Waals surface area contributed by atoms with E-state index in [-0.39, 0.29) is 0 Å². The Kier molecular flexibility index (Phi) is 59.8. The second-order valence-electron chi connectivity index (χ2n) is 13.9. The second-order valence-corrected chi connectivity index (χ2v) is 13.9. The van der Waals surface area contributed by atoms with E-state index >= 15 is 0 Å². The van der Waals surface area contributed by atoms with Gasteiger partial charge in [0, 0.05) is 0 Å². The number of nitrogens with two attached hydrogens (primary N) is 8. The van der Waals surface area contributed by atoms with Gasteiger partial charge in [0.1, 0.15) is 0 Å². The maximum Gasteiger partial charge on any atom is 0.200 e. The van der Waals surface area contributed by atoms with Gasteiger partial charge in [-0.3, -0.25) is 0 Å². The molecule has 0 unspecified atom stereocenters. The maximum atomic E-state index is 12.5. The van der Waals surface area contributed by atoms with Gasteiger partial charge in [-0.25, -0.2) is 87.8 Å². The zero-order valence-corrected chi connectivity index (χ0v) is 45.8. The summed E-state index contributed by atoms with van der Waals surface area (Å²) < 4.78 is 248. The van der Waals surface area contributed by atoms with Gasteiger partial charge in [0.25, 0.3) is 0 Å². The Morgan fingerprint density at radius 2 is 0.212 bits per heavy atom. The van der Waals surface area contributed by atoms with Gasteiger partial charge >= 0.3 is 0 Å². The van der Waals surface area contributed by atoms with Crippen LogP contribution in [0.25, 0.3) is 0 Å². The molecule has 4 rings (SSSR count). The Morgan fingerprint density at radius 3 is 0.263 bits per heavy atom. The topological polar surface area (TPSA) is 317 Å². The lowest BCUT2D eigenvalue weighted by atomic mass is 9.79. The summed E-state index contributed by atoms with van der Waals surface area (Å²) in [7, 11) is 18.9. The smallest absolute Gasteiger partial charge is 0.200 e. The zero-order valence-electron chi connectivity index (χ0n) is 45.8. The van der Waals surface area contributed by atoms with Gasteiger partial charge in [-0.05, 0) is 21.9 Å². The minimum Gasteiger partial charge on any atom is -0.889 e. The summed E-state index contributed by atoms with van der Waals surface area (Å²) in [6, 6.07) is 0. The highest BCUT2D eigenvalue weighted by Crippen LogP contribution is 2.18. The molecule has 0 aliphatic heterocycles. The van der Waals surface area contributed by atoms with E-state index in [4.69, 9.17) is 0 Å². The fourth-order valence-electron chi connectivity index (χ4n) is 3.32. The number of quaternary nitrogens is 8. The minimum absolute atomic E-state index is 1.89. The fraction of sp³-hybridized carbons (Fsp3) is 0.400. The molecule has 4 aromatic carbocycles. The summed E-state index contributed by atoms with van der Waals surface area (Å²) in [6.07, 6.45) is 0. The monoisotopic (exact) mass is 1210 g/mol. The lowest BCUT2D eigenvalue weighted by Gasteiger charge is -2.27. The number of halogens is 20. The standard InChI is InChI=1S/4C6BF5O2.8C2H7N/c4*8-2-1(7(13)14)3(9)5(11)6(12)4(2)10;8*1-3-2/h;;;;8*3H,1-2H3/q4*-2;;;;;;;;/p+8. The van der Waals surface area contributed by atoms with Crippen LogP contribution in [0.3, 0.4) is 0 Å². The summed E-state index contributed by atoms with van der Waals surface area (Å²) in [6.45, 7) is 0. The third-order valence-electron chi connectivity index (χ3n) is 5.92. The van der Waals surface area contributed by atoms with E-state index in [1.54, 1.807) is 0 Å². The van der Waals surface area contributed by atoms with Crippen LogP contribution in [0.1, 0.15) is 0 Å². The Balaban J connectivity index is -0.000000127. The van der Waals surface area contributed by atoms with Crippen LogP contribution in [0.15, 0.2) is 0 Å². The lowest BCUT2D eigenvalue weighted by molar-refractivity contribution is -0.597. The third kappa shape index (κ3) is 33.1. The van der Waals surface area contributed by atoms with E-state index in [1.807, 2.05) is 155 Å². The molecule has 16 N–H and O–H groups in total. The predicted molar refractivity (Wildman–Crippen MR) is 237 cm³/mol. The van der Waals surface area contributed by atoms with Crippen LogP contribution in [0.2, 0.25) is 0 Å². The van der Waals surface area contributed by atoms with Gasteiger partial charge in [0.15, 0.2) is 116 Å². The molecule has 0 aliphatic rings. The molecule has 80 heavy (non-hydrogen) atoms. The third-order valence-corrected chi connectivity index (χ3v) is 5.92. The van der Waals surface area contributed by atoms with Crippen molar-refractivity contribution in [2.24, 2.45) is 0 Å². The van der Waals surface area contributed by atoms with Gasteiger partial charge in [-0.1, -0.05) is 28.5 Å². The summed E-state index contributed by atoms with van der Waals surface area (Å²) >= 11 is 0. The number of benzene rings is 4. The Labute approximate surface area is 449 Å². The average molecular weight is 1210 g/mol. The van der Waals surface area contributed by atoms with Crippen molar-refractivity contribution in [2.45, 2.75) is 0 Å². The normalized spacial score (nSPS) is 9.15. The molecule has 0 heterocycles. The van der Waals surface area contributed by atoms with Crippen LogP contribution in [0.4, 0.5) is 87.8 Å². The van der Waals surface area contributed by atoms with Crippen LogP contribution in [0, 0.1) is 116 Å². The Hall–Kier alpha value is -4.90. The first-order valence-electron chi connectivity index (χ1n) is 22.1. The van der Waals surface area contributed by atoms with Crippen LogP contribution in [0.5, 0.6) is 0 Å². The van der Waals surface area contributed by atoms with E-state index in [0.717, 1.165) is 0 Å². The highest BCUT2D eigenvalue weighted by atomic mass is 19.2. The molecule has 0 amide bonds.